The van der Waals surface area contributed by atoms with E-state index in [1.807, 2.05) is 48.5 Å². The van der Waals surface area contributed by atoms with E-state index in [2.05, 4.69) is 0 Å². The van der Waals surface area contributed by atoms with Gasteiger partial charge in [-0.1, -0.05) is 12.1 Å². The Labute approximate surface area is 140 Å². The lowest BCUT2D eigenvalue weighted by atomic mass is 9.97. The minimum absolute atomic E-state index is 0.298. The molecule has 2 aromatic carbocycles. The van der Waals surface area contributed by atoms with E-state index < -0.39 is 0 Å². The third kappa shape index (κ3) is 2.81. The Morgan fingerprint density at radius 3 is 1.79 bits per heavy atom. The molecule has 124 valence electrons. The first-order valence-corrected chi connectivity index (χ1v) is 7.58. The SMILES string of the molecule is COc1ccc(-c2oc(N)c(CN)c2-c2ccc(OC)cc2)cc1. The second kappa shape index (κ2) is 6.68. The van der Waals surface area contributed by atoms with Gasteiger partial charge in [0.1, 0.15) is 17.3 Å². The van der Waals surface area contributed by atoms with Crippen LogP contribution in [-0.4, -0.2) is 14.2 Å². The number of hydrogen-bond acceptors (Lipinski definition) is 5. The summed E-state index contributed by atoms with van der Waals surface area (Å²) in [6, 6.07) is 15.4. The molecule has 0 atom stereocenters. The number of ether oxygens (including phenoxy) is 2. The number of benzene rings is 2. The van der Waals surface area contributed by atoms with Crippen molar-refractivity contribution < 1.29 is 13.9 Å². The van der Waals surface area contributed by atoms with Gasteiger partial charge >= 0.3 is 0 Å². The summed E-state index contributed by atoms with van der Waals surface area (Å²) >= 11 is 0. The molecule has 0 aliphatic carbocycles. The van der Waals surface area contributed by atoms with Crippen LogP contribution in [0.5, 0.6) is 11.5 Å². The van der Waals surface area contributed by atoms with Crippen LogP contribution in [0, 0.1) is 0 Å². The topological polar surface area (TPSA) is 83.6 Å². The normalized spacial score (nSPS) is 10.6. The number of furan rings is 1. The van der Waals surface area contributed by atoms with Gasteiger partial charge in [0.05, 0.1) is 14.2 Å². The molecule has 1 aromatic heterocycles. The van der Waals surface area contributed by atoms with Gasteiger partial charge in [0.15, 0.2) is 5.88 Å². The Bertz CT molecular complexity index is 821. The van der Waals surface area contributed by atoms with E-state index in [9.17, 15) is 0 Å². The number of hydrogen-bond donors (Lipinski definition) is 2. The van der Waals surface area contributed by atoms with Crippen LogP contribution in [0.2, 0.25) is 0 Å². The average molecular weight is 324 g/mol. The molecule has 0 fully saturated rings. The highest BCUT2D eigenvalue weighted by atomic mass is 16.5. The highest BCUT2D eigenvalue weighted by Crippen LogP contribution is 2.41. The summed E-state index contributed by atoms with van der Waals surface area (Å²) in [6.07, 6.45) is 0. The number of rotatable bonds is 5. The molecule has 0 aliphatic rings. The number of nitrogen functional groups attached to an aromatic ring is 1. The van der Waals surface area contributed by atoms with Crippen molar-refractivity contribution in [3.63, 3.8) is 0 Å². The molecule has 1 heterocycles. The molecule has 0 saturated carbocycles. The third-order valence-corrected chi connectivity index (χ3v) is 3.97. The largest absolute Gasteiger partial charge is 0.497 e. The summed E-state index contributed by atoms with van der Waals surface area (Å²) in [7, 11) is 3.27. The zero-order chi connectivity index (χ0) is 17.1. The van der Waals surface area contributed by atoms with Crippen LogP contribution in [0.4, 0.5) is 5.88 Å². The lowest BCUT2D eigenvalue weighted by molar-refractivity contribution is 0.414. The highest BCUT2D eigenvalue weighted by molar-refractivity contribution is 5.85. The van der Waals surface area contributed by atoms with Crippen molar-refractivity contribution in [1.82, 2.24) is 0 Å². The van der Waals surface area contributed by atoms with Crippen LogP contribution in [-0.2, 0) is 6.54 Å². The summed E-state index contributed by atoms with van der Waals surface area (Å²) < 4.78 is 16.3. The van der Waals surface area contributed by atoms with Crippen LogP contribution in [0.25, 0.3) is 22.5 Å². The lowest BCUT2D eigenvalue weighted by Gasteiger charge is -2.07. The second-order valence-corrected chi connectivity index (χ2v) is 5.31. The van der Waals surface area contributed by atoms with Gasteiger partial charge in [-0.25, -0.2) is 0 Å². The molecule has 0 bridgehead atoms. The maximum atomic E-state index is 6.04. The molecule has 0 aliphatic heterocycles. The Hall–Kier alpha value is -2.92. The molecule has 5 nitrogen and oxygen atoms in total. The summed E-state index contributed by atoms with van der Waals surface area (Å²) in [5.74, 6) is 2.61. The van der Waals surface area contributed by atoms with Gasteiger partial charge < -0.3 is 25.4 Å². The van der Waals surface area contributed by atoms with Gasteiger partial charge in [-0.05, 0) is 42.0 Å². The molecule has 0 saturated heterocycles. The van der Waals surface area contributed by atoms with E-state index in [4.69, 9.17) is 25.4 Å². The van der Waals surface area contributed by atoms with Gasteiger partial charge in [0, 0.05) is 23.2 Å². The fourth-order valence-electron chi connectivity index (χ4n) is 2.69. The predicted octanol–water partition coefficient (Wildman–Crippen LogP) is 3.67. The molecule has 0 radical (unpaired) electrons. The van der Waals surface area contributed by atoms with E-state index in [0.717, 1.165) is 33.8 Å². The molecule has 0 spiro atoms. The summed E-state index contributed by atoms with van der Waals surface area (Å²) in [6.45, 7) is 0.298. The van der Waals surface area contributed by atoms with E-state index in [0.29, 0.717) is 18.2 Å². The third-order valence-electron chi connectivity index (χ3n) is 3.97. The molecule has 0 unspecified atom stereocenters. The van der Waals surface area contributed by atoms with Crippen LogP contribution < -0.4 is 20.9 Å². The van der Waals surface area contributed by atoms with Gasteiger partial charge in [0.25, 0.3) is 0 Å². The minimum atomic E-state index is 0.298. The smallest absolute Gasteiger partial charge is 0.196 e. The average Bonchev–Trinajstić information content (AvgIpc) is 2.98. The first kappa shape index (κ1) is 16.0. The zero-order valence-electron chi connectivity index (χ0n) is 13.7. The highest BCUT2D eigenvalue weighted by Gasteiger charge is 2.20. The van der Waals surface area contributed by atoms with Gasteiger partial charge in [0.2, 0.25) is 0 Å². The maximum Gasteiger partial charge on any atom is 0.196 e. The maximum absolute atomic E-state index is 6.04. The molecule has 4 N–H and O–H groups in total. The van der Waals surface area contributed by atoms with E-state index in [1.165, 1.54) is 0 Å². The molecule has 3 rings (SSSR count). The summed E-state index contributed by atoms with van der Waals surface area (Å²) in [5, 5.41) is 0. The Morgan fingerprint density at radius 1 is 0.833 bits per heavy atom. The first-order chi connectivity index (χ1) is 11.7. The van der Waals surface area contributed by atoms with Crippen molar-refractivity contribution in [2.45, 2.75) is 6.54 Å². The van der Waals surface area contributed by atoms with E-state index in [1.54, 1.807) is 14.2 Å². The zero-order valence-corrected chi connectivity index (χ0v) is 13.7. The fraction of sp³-hybridized carbons (Fsp3) is 0.158. The molecular formula is C19H20N2O3. The van der Waals surface area contributed by atoms with Crippen molar-refractivity contribution in [3.8, 4) is 33.9 Å². The molecule has 24 heavy (non-hydrogen) atoms. The first-order valence-electron chi connectivity index (χ1n) is 7.58. The van der Waals surface area contributed by atoms with Crippen LogP contribution >= 0.6 is 0 Å². The Balaban J connectivity index is 2.15. The van der Waals surface area contributed by atoms with Crippen LogP contribution in [0.1, 0.15) is 5.56 Å². The van der Waals surface area contributed by atoms with Crippen molar-refractivity contribution >= 4 is 5.88 Å². The number of anilines is 1. The minimum Gasteiger partial charge on any atom is -0.497 e. The van der Waals surface area contributed by atoms with E-state index >= 15 is 0 Å². The molecular weight excluding hydrogens is 304 g/mol. The molecule has 0 amide bonds. The quantitative estimate of drug-likeness (QED) is 0.748. The van der Waals surface area contributed by atoms with Gasteiger partial charge in [-0.15, -0.1) is 0 Å². The number of nitrogens with two attached hydrogens (primary N) is 2. The van der Waals surface area contributed by atoms with Crippen LogP contribution in [0.3, 0.4) is 0 Å². The van der Waals surface area contributed by atoms with Crippen molar-refractivity contribution in [2.75, 3.05) is 20.0 Å². The van der Waals surface area contributed by atoms with Crippen molar-refractivity contribution in [1.29, 1.82) is 0 Å². The predicted molar refractivity (Wildman–Crippen MR) is 95.0 cm³/mol. The Kier molecular flexibility index (Phi) is 4.44. The second-order valence-electron chi connectivity index (χ2n) is 5.31. The Morgan fingerprint density at radius 2 is 1.33 bits per heavy atom. The van der Waals surface area contributed by atoms with Gasteiger partial charge in [-0.2, -0.15) is 0 Å². The van der Waals surface area contributed by atoms with Gasteiger partial charge in [-0.3, -0.25) is 0 Å². The van der Waals surface area contributed by atoms with E-state index in [-0.39, 0.29) is 0 Å². The standard InChI is InChI=1S/C19H20N2O3/c1-22-14-7-3-12(4-8-14)17-16(11-20)19(21)24-18(17)13-5-9-15(23-2)10-6-13/h3-10H,11,20-21H2,1-2H3. The summed E-state index contributed by atoms with van der Waals surface area (Å²) in [5.41, 5.74) is 15.5. The monoisotopic (exact) mass is 324 g/mol. The van der Waals surface area contributed by atoms with Crippen molar-refractivity contribution in [2.24, 2.45) is 5.73 Å². The molecule has 5 heteroatoms. The number of methoxy groups -OCH3 is 2. The summed E-state index contributed by atoms with van der Waals surface area (Å²) in [4.78, 5) is 0. The molecule has 3 aromatic rings. The van der Waals surface area contributed by atoms with Crippen LogP contribution in [0.15, 0.2) is 52.9 Å². The van der Waals surface area contributed by atoms with Crippen molar-refractivity contribution in [3.05, 3.63) is 54.1 Å². The lowest BCUT2D eigenvalue weighted by Crippen LogP contribution is -2.00. The fourth-order valence-corrected chi connectivity index (χ4v) is 2.69.